The van der Waals surface area contributed by atoms with Crippen LogP contribution >= 0.6 is 0 Å². The Bertz CT molecular complexity index is 1160. The van der Waals surface area contributed by atoms with Gasteiger partial charge in [-0.05, 0) is 71.4 Å². The molecule has 0 unspecified atom stereocenters. The van der Waals surface area contributed by atoms with Gasteiger partial charge in [-0.1, -0.05) is 6.07 Å². The van der Waals surface area contributed by atoms with Crippen LogP contribution in [0.25, 0.3) is 0 Å². The summed E-state index contributed by atoms with van der Waals surface area (Å²) in [5.41, 5.74) is -1.07. The summed E-state index contributed by atoms with van der Waals surface area (Å²) < 4.78 is 10.9. The van der Waals surface area contributed by atoms with Gasteiger partial charge in [0.15, 0.2) is 0 Å². The number of nitrogens with one attached hydrogen (secondary N) is 4. The van der Waals surface area contributed by atoms with Crippen molar-refractivity contribution in [2.75, 3.05) is 6.54 Å². The maximum absolute atomic E-state index is 13.2. The molecule has 13 heteroatoms. The normalized spacial score (nSPS) is 23.6. The van der Waals surface area contributed by atoms with Gasteiger partial charge in [-0.3, -0.25) is 33.8 Å². The number of carbonyl (C=O) groups is 6. The van der Waals surface area contributed by atoms with Crippen LogP contribution in [0.5, 0.6) is 0 Å². The van der Waals surface area contributed by atoms with Gasteiger partial charge in [0.25, 0.3) is 0 Å². The Labute approximate surface area is 245 Å². The molecular formula is C29H41N5O8. The van der Waals surface area contributed by atoms with E-state index >= 15 is 0 Å². The standard InChI is InChI=1S/C29H41N5O8/c1-18-25(38)34-29(11-12-29)27(40)31-17-24(37)41-20(9-5-6-10-23(36)42-28(2,3)4)15-22(35)33-21(26(39)32-18)14-19-8-7-13-30-16-19/h7-8,13,16,18,20-21H,5-6,9-12,14-15,17H2,1-4H3,(H,31,40)(H,32,39)(H,33,35)(H,34,38)/t18-,20-,21-/m1/s1. The Kier molecular flexibility index (Phi) is 11.0. The topological polar surface area (TPSA) is 182 Å². The van der Waals surface area contributed by atoms with E-state index in [0.29, 0.717) is 31.2 Å². The number of hydrogen-bond acceptors (Lipinski definition) is 9. The van der Waals surface area contributed by atoms with Crippen molar-refractivity contribution in [1.29, 1.82) is 0 Å². The summed E-state index contributed by atoms with van der Waals surface area (Å²) in [6.07, 6.45) is 4.27. The van der Waals surface area contributed by atoms with Gasteiger partial charge >= 0.3 is 11.9 Å². The smallest absolute Gasteiger partial charge is 0.325 e. The van der Waals surface area contributed by atoms with Gasteiger partial charge in [0.2, 0.25) is 23.6 Å². The second kappa shape index (κ2) is 14.2. The Balaban J connectivity index is 1.74. The molecule has 1 aliphatic carbocycles. The average Bonchev–Trinajstić information content (AvgIpc) is 3.68. The summed E-state index contributed by atoms with van der Waals surface area (Å²) in [4.78, 5) is 80.7. The number of carbonyl (C=O) groups excluding carboxylic acids is 6. The number of ether oxygens (including phenoxy) is 2. The molecular weight excluding hydrogens is 546 g/mol. The van der Waals surface area contributed by atoms with E-state index in [2.05, 4.69) is 26.3 Å². The van der Waals surface area contributed by atoms with E-state index in [1.807, 2.05) is 0 Å². The van der Waals surface area contributed by atoms with Crippen LogP contribution in [0.4, 0.5) is 0 Å². The molecule has 1 aliphatic heterocycles. The van der Waals surface area contributed by atoms with Crippen LogP contribution < -0.4 is 21.3 Å². The Morgan fingerprint density at radius 2 is 1.83 bits per heavy atom. The second-order valence-corrected chi connectivity index (χ2v) is 11.8. The van der Waals surface area contributed by atoms with Crippen molar-refractivity contribution < 1.29 is 38.2 Å². The number of esters is 2. The van der Waals surface area contributed by atoms with Crippen LogP contribution in [0, 0.1) is 0 Å². The first-order chi connectivity index (χ1) is 19.8. The lowest BCUT2D eigenvalue weighted by molar-refractivity contribution is -0.155. The van der Waals surface area contributed by atoms with E-state index in [9.17, 15) is 28.8 Å². The number of pyridine rings is 1. The van der Waals surface area contributed by atoms with Crippen molar-refractivity contribution in [3.63, 3.8) is 0 Å². The molecule has 2 heterocycles. The van der Waals surface area contributed by atoms with Gasteiger partial charge in [0, 0.05) is 25.2 Å². The maximum atomic E-state index is 13.2. The average molecular weight is 588 g/mol. The van der Waals surface area contributed by atoms with Crippen molar-refractivity contribution in [2.24, 2.45) is 0 Å². The molecule has 3 rings (SSSR count). The molecule has 3 atom stereocenters. The van der Waals surface area contributed by atoms with Crippen LogP contribution in [-0.2, 0) is 44.7 Å². The molecule has 0 radical (unpaired) electrons. The van der Waals surface area contributed by atoms with E-state index in [1.54, 1.807) is 45.3 Å². The van der Waals surface area contributed by atoms with Crippen molar-refractivity contribution in [2.45, 2.75) is 108 Å². The van der Waals surface area contributed by atoms with Crippen LogP contribution in [0.1, 0.15) is 78.2 Å². The molecule has 1 saturated heterocycles. The first kappa shape index (κ1) is 32.5. The fourth-order valence-electron chi connectivity index (χ4n) is 4.47. The summed E-state index contributed by atoms with van der Waals surface area (Å²) in [5, 5.41) is 10.5. The third-order valence-electron chi connectivity index (χ3n) is 6.79. The lowest BCUT2D eigenvalue weighted by atomic mass is 10.0. The van der Waals surface area contributed by atoms with Crippen LogP contribution in [0.3, 0.4) is 0 Å². The summed E-state index contributed by atoms with van der Waals surface area (Å²) in [5.74, 6) is -3.34. The minimum atomic E-state index is -1.15. The summed E-state index contributed by atoms with van der Waals surface area (Å²) in [6.45, 7) is 6.38. The highest BCUT2D eigenvalue weighted by Gasteiger charge is 2.51. The highest BCUT2D eigenvalue weighted by molar-refractivity contribution is 5.98. The van der Waals surface area contributed by atoms with E-state index in [-0.39, 0.29) is 31.7 Å². The van der Waals surface area contributed by atoms with Crippen LogP contribution in [0.15, 0.2) is 24.5 Å². The Morgan fingerprint density at radius 3 is 2.48 bits per heavy atom. The molecule has 4 N–H and O–H groups in total. The van der Waals surface area contributed by atoms with E-state index in [4.69, 9.17) is 9.47 Å². The number of hydrogen-bond donors (Lipinski definition) is 4. The molecule has 0 aromatic carbocycles. The third kappa shape index (κ3) is 10.4. The molecule has 13 nitrogen and oxygen atoms in total. The van der Waals surface area contributed by atoms with Gasteiger partial charge in [-0.15, -0.1) is 0 Å². The SMILES string of the molecule is C[C@H]1NC(=O)[C@@H](Cc2cccnc2)NC(=O)C[C@@H](CCCCC(=O)OC(C)(C)C)OC(=O)CNC(=O)C2(CC2)NC1=O. The fourth-order valence-corrected chi connectivity index (χ4v) is 4.47. The fraction of sp³-hybridized carbons (Fsp3) is 0.621. The van der Waals surface area contributed by atoms with Gasteiger partial charge in [0.05, 0.1) is 6.42 Å². The number of rotatable bonds is 7. The van der Waals surface area contributed by atoms with Crippen molar-refractivity contribution in [3.05, 3.63) is 30.1 Å². The highest BCUT2D eigenvalue weighted by Crippen LogP contribution is 2.35. The van der Waals surface area contributed by atoms with Gasteiger partial charge in [-0.2, -0.15) is 0 Å². The van der Waals surface area contributed by atoms with Gasteiger partial charge < -0.3 is 30.7 Å². The number of cyclic esters (lactones) is 1. The minimum Gasteiger partial charge on any atom is -0.461 e. The Hall–Kier alpha value is -4.03. The summed E-state index contributed by atoms with van der Waals surface area (Å²) >= 11 is 0. The largest absolute Gasteiger partial charge is 0.461 e. The number of nitrogens with zero attached hydrogens (tertiary/aromatic N) is 1. The zero-order valence-electron chi connectivity index (χ0n) is 24.6. The number of unbranched alkanes of at least 4 members (excludes halogenated alkanes) is 1. The molecule has 0 bridgehead atoms. The summed E-state index contributed by atoms with van der Waals surface area (Å²) in [7, 11) is 0. The molecule has 4 amide bonds. The second-order valence-electron chi connectivity index (χ2n) is 11.8. The molecule has 2 aliphatic rings. The van der Waals surface area contributed by atoms with Crippen molar-refractivity contribution in [3.8, 4) is 0 Å². The van der Waals surface area contributed by atoms with Gasteiger partial charge in [0.1, 0.15) is 35.9 Å². The highest BCUT2D eigenvalue weighted by atomic mass is 16.6. The predicted molar refractivity (Wildman–Crippen MR) is 149 cm³/mol. The number of amides is 4. The molecule has 1 aromatic heterocycles. The van der Waals surface area contributed by atoms with E-state index in [0.717, 1.165) is 0 Å². The molecule has 1 saturated carbocycles. The molecule has 1 aromatic rings. The lowest BCUT2D eigenvalue weighted by Gasteiger charge is -2.25. The van der Waals surface area contributed by atoms with E-state index < -0.39 is 65.5 Å². The molecule has 42 heavy (non-hydrogen) atoms. The minimum absolute atomic E-state index is 0.104. The predicted octanol–water partition coefficient (Wildman–Crippen LogP) is 0.596. The monoisotopic (exact) mass is 587 g/mol. The van der Waals surface area contributed by atoms with Crippen LogP contribution in [0.2, 0.25) is 0 Å². The molecule has 2 fully saturated rings. The quantitative estimate of drug-likeness (QED) is 0.262. The van der Waals surface area contributed by atoms with E-state index in [1.165, 1.54) is 6.92 Å². The third-order valence-corrected chi connectivity index (χ3v) is 6.79. The zero-order chi connectivity index (χ0) is 30.9. The van der Waals surface area contributed by atoms with Crippen molar-refractivity contribution >= 4 is 35.6 Å². The van der Waals surface area contributed by atoms with Crippen LogP contribution in [-0.4, -0.2) is 76.4 Å². The summed E-state index contributed by atoms with van der Waals surface area (Å²) in [6, 6.07) is 1.41. The maximum Gasteiger partial charge on any atom is 0.325 e. The molecule has 230 valence electrons. The van der Waals surface area contributed by atoms with Gasteiger partial charge in [-0.25, -0.2) is 0 Å². The Morgan fingerprint density at radius 1 is 1.10 bits per heavy atom. The van der Waals surface area contributed by atoms with Crippen molar-refractivity contribution in [1.82, 2.24) is 26.3 Å². The number of aromatic nitrogens is 1. The lowest BCUT2D eigenvalue weighted by Crippen LogP contribution is -2.57. The first-order valence-electron chi connectivity index (χ1n) is 14.3. The molecule has 1 spiro atoms. The zero-order valence-corrected chi connectivity index (χ0v) is 24.6. The first-order valence-corrected chi connectivity index (χ1v) is 14.3.